The van der Waals surface area contributed by atoms with Gasteiger partial charge in [-0.1, -0.05) is 11.6 Å². The van der Waals surface area contributed by atoms with E-state index in [-0.39, 0.29) is 12.6 Å². The summed E-state index contributed by atoms with van der Waals surface area (Å²) < 4.78 is 5.52. The van der Waals surface area contributed by atoms with Gasteiger partial charge in [-0.3, -0.25) is 25.2 Å². The molecule has 3 amide bonds. The molecule has 1 fully saturated rings. The molecule has 3 N–H and O–H groups in total. The fourth-order valence-electron chi connectivity index (χ4n) is 2.29. The van der Waals surface area contributed by atoms with Crippen molar-refractivity contribution in [2.45, 2.75) is 25.3 Å². The van der Waals surface area contributed by atoms with E-state index in [0.29, 0.717) is 17.2 Å². The average molecular weight is 338 g/mol. The lowest BCUT2D eigenvalue weighted by Gasteiger charge is -2.24. The molecule has 122 valence electrons. The second-order valence-electron chi connectivity index (χ2n) is 5.66. The molecule has 0 saturated heterocycles. The molecule has 1 heterocycles. The predicted octanol–water partition coefficient (Wildman–Crippen LogP) is 0.317. The number of hydrazine groups is 1. The Hall–Kier alpha value is -2.28. The predicted molar refractivity (Wildman–Crippen MR) is 81.6 cm³/mol. The van der Waals surface area contributed by atoms with Crippen molar-refractivity contribution in [2.24, 2.45) is 5.92 Å². The molecule has 1 aromatic carbocycles. The Morgan fingerprint density at radius 3 is 2.65 bits per heavy atom. The summed E-state index contributed by atoms with van der Waals surface area (Å²) in [5.74, 6) is -1.81. The van der Waals surface area contributed by atoms with E-state index in [0.717, 1.165) is 18.4 Å². The Bertz CT molecular complexity index is 660. The van der Waals surface area contributed by atoms with Gasteiger partial charge < -0.3 is 10.1 Å². The van der Waals surface area contributed by atoms with Gasteiger partial charge in [0.2, 0.25) is 5.91 Å². The zero-order valence-electron chi connectivity index (χ0n) is 12.2. The Kier molecular flexibility index (Phi) is 4.38. The minimum absolute atomic E-state index is 0.0805. The fourth-order valence-corrected chi connectivity index (χ4v) is 2.48. The van der Waals surface area contributed by atoms with E-state index in [1.165, 1.54) is 0 Å². The van der Waals surface area contributed by atoms with E-state index in [1.54, 1.807) is 18.2 Å². The number of fused-ring (bicyclic) bond motifs is 1. The summed E-state index contributed by atoms with van der Waals surface area (Å²) >= 11 is 5.93. The van der Waals surface area contributed by atoms with Gasteiger partial charge in [-0.2, -0.15) is 0 Å². The average Bonchev–Trinajstić information content (AvgIpc) is 3.35. The van der Waals surface area contributed by atoms with Crippen molar-refractivity contribution in [3.8, 4) is 5.75 Å². The van der Waals surface area contributed by atoms with Crippen molar-refractivity contribution in [2.75, 3.05) is 6.61 Å². The van der Waals surface area contributed by atoms with Crippen LogP contribution in [0.2, 0.25) is 5.02 Å². The third-order valence-electron chi connectivity index (χ3n) is 3.72. The number of hydrogen-bond acceptors (Lipinski definition) is 4. The second kappa shape index (κ2) is 6.45. The molecular formula is C15H16ClN3O4. The largest absolute Gasteiger partial charge is 0.492 e. The van der Waals surface area contributed by atoms with Crippen LogP contribution in [0, 0.1) is 5.92 Å². The van der Waals surface area contributed by atoms with E-state index in [4.69, 9.17) is 16.3 Å². The zero-order chi connectivity index (χ0) is 16.4. The van der Waals surface area contributed by atoms with Crippen LogP contribution in [0.15, 0.2) is 18.2 Å². The number of benzene rings is 1. The first-order chi connectivity index (χ1) is 11.0. The van der Waals surface area contributed by atoms with Crippen LogP contribution < -0.4 is 20.9 Å². The Morgan fingerprint density at radius 1 is 1.13 bits per heavy atom. The van der Waals surface area contributed by atoms with E-state index in [1.807, 2.05) is 0 Å². The highest BCUT2D eigenvalue weighted by Gasteiger charge is 2.29. The third kappa shape index (κ3) is 3.92. The van der Waals surface area contributed by atoms with Crippen LogP contribution in [-0.2, 0) is 20.8 Å². The molecule has 3 rings (SSSR count). The number of carbonyl (C=O) groups is 3. The number of ether oxygens (including phenoxy) is 1. The van der Waals surface area contributed by atoms with Crippen LogP contribution in [-0.4, -0.2) is 30.4 Å². The van der Waals surface area contributed by atoms with Crippen LogP contribution in [0.3, 0.4) is 0 Å². The van der Waals surface area contributed by atoms with Gasteiger partial charge >= 0.3 is 11.8 Å². The van der Waals surface area contributed by atoms with Crippen molar-refractivity contribution in [3.63, 3.8) is 0 Å². The molecule has 1 saturated carbocycles. The van der Waals surface area contributed by atoms with Crippen molar-refractivity contribution < 1.29 is 19.1 Å². The lowest BCUT2D eigenvalue weighted by molar-refractivity contribution is -0.141. The molecule has 1 atom stereocenters. The molecular weight excluding hydrogens is 322 g/mol. The second-order valence-corrected chi connectivity index (χ2v) is 6.09. The SMILES string of the molecule is O=C(NNC(=O)[C@@H]1COc2ccc(Cl)cc2C1)C(=O)NC1CC1. The van der Waals surface area contributed by atoms with Crippen LogP contribution in [0.5, 0.6) is 5.75 Å². The first kappa shape index (κ1) is 15.6. The highest BCUT2D eigenvalue weighted by Crippen LogP contribution is 2.29. The summed E-state index contributed by atoms with van der Waals surface area (Å²) in [5.41, 5.74) is 5.21. The third-order valence-corrected chi connectivity index (χ3v) is 3.95. The molecule has 0 unspecified atom stereocenters. The number of nitrogens with one attached hydrogen (secondary N) is 3. The van der Waals surface area contributed by atoms with Gasteiger partial charge in [0, 0.05) is 11.1 Å². The maximum Gasteiger partial charge on any atom is 0.327 e. The number of halogens is 1. The van der Waals surface area contributed by atoms with Crippen molar-refractivity contribution in [1.82, 2.24) is 16.2 Å². The minimum Gasteiger partial charge on any atom is -0.492 e. The van der Waals surface area contributed by atoms with E-state index < -0.39 is 23.6 Å². The van der Waals surface area contributed by atoms with Gasteiger partial charge in [0.1, 0.15) is 12.4 Å². The minimum atomic E-state index is -0.884. The quantitative estimate of drug-likeness (QED) is 0.535. The standard InChI is InChI=1S/C15H16ClN3O4/c16-10-1-4-12-8(6-10)5-9(7-23-12)13(20)18-19-15(22)14(21)17-11-2-3-11/h1,4,6,9,11H,2-3,5,7H2,(H,17,21)(H,18,20)(H,19,22)/t9-/m0/s1. The number of hydrogen-bond donors (Lipinski definition) is 3. The molecule has 8 heteroatoms. The molecule has 0 radical (unpaired) electrons. The van der Waals surface area contributed by atoms with Gasteiger partial charge in [0.15, 0.2) is 0 Å². The summed E-state index contributed by atoms with van der Waals surface area (Å²) in [6, 6.07) is 5.31. The molecule has 1 aliphatic carbocycles. The Labute approximate surface area is 137 Å². The number of amides is 3. The van der Waals surface area contributed by atoms with E-state index in [9.17, 15) is 14.4 Å². The van der Waals surface area contributed by atoms with Crippen molar-refractivity contribution in [3.05, 3.63) is 28.8 Å². The normalized spacial score (nSPS) is 19.1. The van der Waals surface area contributed by atoms with E-state index in [2.05, 4.69) is 16.2 Å². The number of carbonyl (C=O) groups excluding carboxylic acids is 3. The monoisotopic (exact) mass is 337 g/mol. The molecule has 7 nitrogen and oxygen atoms in total. The first-order valence-corrected chi connectivity index (χ1v) is 7.72. The maximum absolute atomic E-state index is 12.1. The van der Waals surface area contributed by atoms with Gasteiger partial charge in [0.05, 0.1) is 5.92 Å². The Morgan fingerprint density at radius 2 is 1.91 bits per heavy atom. The Balaban J connectivity index is 1.50. The van der Waals surface area contributed by atoms with E-state index >= 15 is 0 Å². The molecule has 1 aromatic rings. The van der Waals surface area contributed by atoms with Crippen molar-refractivity contribution >= 4 is 29.3 Å². The molecule has 23 heavy (non-hydrogen) atoms. The number of rotatable bonds is 2. The van der Waals surface area contributed by atoms with Crippen molar-refractivity contribution in [1.29, 1.82) is 0 Å². The molecule has 0 bridgehead atoms. The maximum atomic E-state index is 12.1. The van der Waals surface area contributed by atoms with Gasteiger partial charge in [-0.15, -0.1) is 0 Å². The lowest BCUT2D eigenvalue weighted by atomic mass is 9.96. The molecule has 1 aliphatic heterocycles. The van der Waals surface area contributed by atoms with Crippen LogP contribution >= 0.6 is 11.6 Å². The highest BCUT2D eigenvalue weighted by molar-refractivity contribution is 6.35. The fraction of sp³-hybridized carbons (Fsp3) is 0.400. The van der Waals surface area contributed by atoms with Crippen LogP contribution in [0.1, 0.15) is 18.4 Å². The van der Waals surface area contributed by atoms with Gasteiger partial charge in [0.25, 0.3) is 0 Å². The lowest BCUT2D eigenvalue weighted by Crippen LogP contribution is -2.51. The summed E-state index contributed by atoms with van der Waals surface area (Å²) in [6.45, 7) is 0.199. The van der Waals surface area contributed by atoms with Crippen LogP contribution in [0.4, 0.5) is 0 Å². The highest BCUT2D eigenvalue weighted by atomic mass is 35.5. The summed E-state index contributed by atoms with van der Waals surface area (Å²) in [6.07, 6.45) is 2.21. The zero-order valence-corrected chi connectivity index (χ0v) is 13.0. The summed E-state index contributed by atoms with van der Waals surface area (Å²) in [5, 5.41) is 3.10. The molecule has 2 aliphatic rings. The first-order valence-electron chi connectivity index (χ1n) is 7.35. The van der Waals surface area contributed by atoms with Gasteiger partial charge in [-0.25, -0.2) is 0 Å². The molecule has 0 aromatic heterocycles. The summed E-state index contributed by atoms with van der Waals surface area (Å²) in [7, 11) is 0. The van der Waals surface area contributed by atoms with Crippen LogP contribution in [0.25, 0.3) is 0 Å². The topological polar surface area (TPSA) is 96.5 Å². The molecule has 0 spiro atoms. The summed E-state index contributed by atoms with van der Waals surface area (Å²) in [4.78, 5) is 35.1. The van der Waals surface area contributed by atoms with Gasteiger partial charge in [-0.05, 0) is 43.0 Å². The smallest absolute Gasteiger partial charge is 0.327 e.